The van der Waals surface area contributed by atoms with Crippen molar-refractivity contribution < 1.29 is 14.3 Å². The van der Waals surface area contributed by atoms with Gasteiger partial charge in [0.2, 0.25) is 5.91 Å². The summed E-state index contributed by atoms with van der Waals surface area (Å²) in [5, 5.41) is 2.98. The molecule has 0 unspecified atom stereocenters. The van der Waals surface area contributed by atoms with Crippen LogP contribution in [0.25, 0.3) is 0 Å². The number of hydrogen-bond acceptors (Lipinski definition) is 5. The minimum absolute atomic E-state index is 0.0695. The van der Waals surface area contributed by atoms with E-state index in [1.165, 1.54) is 21.2 Å². The van der Waals surface area contributed by atoms with Crippen LogP contribution in [0, 0.1) is 0 Å². The van der Waals surface area contributed by atoms with Crippen LogP contribution in [0.1, 0.15) is 12.8 Å². The molecule has 1 aliphatic heterocycles. The Labute approximate surface area is 165 Å². The topological polar surface area (TPSA) is 50.8 Å². The van der Waals surface area contributed by atoms with Crippen LogP contribution in [-0.2, 0) is 14.3 Å². The summed E-state index contributed by atoms with van der Waals surface area (Å²) >= 11 is 1.78. The molecule has 0 saturated carbocycles. The van der Waals surface area contributed by atoms with E-state index in [9.17, 15) is 4.79 Å². The van der Waals surface area contributed by atoms with E-state index in [1.807, 2.05) is 12.1 Å². The molecule has 3 rings (SSSR count). The average molecular weight is 387 g/mol. The van der Waals surface area contributed by atoms with Crippen LogP contribution in [0.15, 0.2) is 58.3 Å². The summed E-state index contributed by atoms with van der Waals surface area (Å²) in [6.07, 6.45) is 1.26. The highest BCUT2D eigenvalue weighted by Gasteiger charge is 2.22. The standard InChI is InChI=1S/C21H26N2O3S/c1-25-15-16-26-14-6-12-22-21(24)11-13-23-17-7-2-4-9-19(17)27-20-10-5-3-8-18(20)23/h2-5,7-10H,6,11-16H2,1H3,(H,22,24). The fourth-order valence-electron chi connectivity index (χ4n) is 2.97. The number of para-hydroxylation sites is 2. The lowest BCUT2D eigenvalue weighted by molar-refractivity contribution is -0.120. The van der Waals surface area contributed by atoms with Gasteiger partial charge in [0.25, 0.3) is 0 Å². The van der Waals surface area contributed by atoms with Crippen molar-refractivity contribution in [3.05, 3.63) is 48.5 Å². The maximum Gasteiger partial charge on any atom is 0.221 e. The number of rotatable bonds is 10. The zero-order valence-corrected chi connectivity index (χ0v) is 16.5. The molecular weight excluding hydrogens is 360 g/mol. The van der Waals surface area contributed by atoms with E-state index in [0.29, 0.717) is 39.3 Å². The summed E-state index contributed by atoms with van der Waals surface area (Å²) < 4.78 is 10.3. The van der Waals surface area contributed by atoms with Crippen LogP contribution in [0.4, 0.5) is 11.4 Å². The van der Waals surface area contributed by atoms with E-state index in [4.69, 9.17) is 9.47 Å². The lowest BCUT2D eigenvalue weighted by atomic mass is 10.2. The quantitative estimate of drug-likeness (QED) is 0.629. The van der Waals surface area contributed by atoms with Gasteiger partial charge in [-0.05, 0) is 30.7 Å². The average Bonchev–Trinajstić information content (AvgIpc) is 2.70. The van der Waals surface area contributed by atoms with Gasteiger partial charge in [-0.2, -0.15) is 0 Å². The van der Waals surface area contributed by atoms with Gasteiger partial charge in [0.05, 0.1) is 24.6 Å². The fourth-order valence-corrected chi connectivity index (χ4v) is 4.07. The van der Waals surface area contributed by atoms with Gasteiger partial charge in [-0.3, -0.25) is 4.79 Å². The second kappa shape index (κ2) is 10.3. The molecule has 1 N–H and O–H groups in total. The fraction of sp³-hybridized carbons (Fsp3) is 0.381. The summed E-state index contributed by atoms with van der Waals surface area (Å²) in [6, 6.07) is 16.7. The molecule has 5 nitrogen and oxygen atoms in total. The Hall–Kier alpha value is -2.02. The summed E-state index contributed by atoms with van der Waals surface area (Å²) in [4.78, 5) is 16.9. The first-order valence-electron chi connectivity index (χ1n) is 9.26. The normalized spacial score (nSPS) is 12.4. The van der Waals surface area contributed by atoms with Gasteiger partial charge in [0.1, 0.15) is 0 Å². The molecule has 1 heterocycles. The molecule has 0 saturated heterocycles. The number of amides is 1. The molecule has 1 amide bonds. The van der Waals surface area contributed by atoms with Crippen molar-refractivity contribution >= 4 is 29.0 Å². The minimum Gasteiger partial charge on any atom is -0.382 e. The molecule has 2 aromatic rings. The Kier molecular flexibility index (Phi) is 7.56. The molecule has 0 aromatic heterocycles. The highest BCUT2D eigenvalue weighted by molar-refractivity contribution is 7.99. The maximum atomic E-state index is 12.2. The Balaban J connectivity index is 1.50. The van der Waals surface area contributed by atoms with Crippen LogP contribution in [0.3, 0.4) is 0 Å². The minimum atomic E-state index is 0.0695. The highest BCUT2D eigenvalue weighted by atomic mass is 32.2. The van der Waals surface area contributed by atoms with E-state index in [-0.39, 0.29) is 5.91 Å². The molecule has 0 fully saturated rings. The van der Waals surface area contributed by atoms with Crippen molar-refractivity contribution in [1.82, 2.24) is 5.32 Å². The predicted molar refractivity (Wildman–Crippen MR) is 109 cm³/mol. The van der Waals surface area contributed by atoms with Crippen molar-refractivity contribution in [2.45, 2.75) is 22.6 Å². The van der Waals surface area contributed by atoms with Crippen molar-refractivity contribution in [2.24, 2.45) is 0 Å². The van der Waals surface area contributed by atoms with E-state index in [0.717, 1.165) is 6.42 Å². The summed E-state index contributed by atoms with van der Waals surface area (Å²) in [6.45, 7) is 3.12. The van der Waals surface area contributed by atoms with Gasteiger partial charge in [0, 0.05) is 43.0 Å². The zero-order chi connectivity index (χ0) is 18.9. The number of carbonyl (C=O) groups is 1. The smallest absolute Gasteiger partial charge is 0.221 e. The zero-order valence-electron chi connectivity index (χ0n) is 15.6. The molecule has 0 radical (unpaired) electrons. The van der Waals surface area contributed by atoms with Gasteiger partial charge in [-0.15, -0.1) is 0 Å². The van der Waals surface area contributed by atoms with Crippen LogP contribution in [0.2, 0.25) is 0 Å². The first kappa shape index (κ1) is 19.7. The summed E-state index contributed by atoms with van der Waals surface area (Å²) in [7, 11) is 1.65. The lowest BCUT2D eigenvalue weighted by Gasteiger charge is -2.32. The first-order valence-corrected chi connectivity index (χ1v) is 10.1. The van der Waals surface area contributed by atoms with Crippen molar-refractivity contribution in [1.29, 1.82) is 0 Å². The Morgan fingerprint density at radius 1 is 1.00 bits per heavy atom. The Morgan fingerprint density at radius 3 is 2.33 bits per heavy atom. The maximum absolute atomic E-state index is 12.2. The molecular formula is C21H26N2O3S. The summed E-state index contributed by atoms with van der Waals surface area (Å²) in [5.41, 5.74) is 2.33. The Bertz CT molecular complexity index is 708. The van der Waals surface area contributed by atoms with Crippen LogP contribution in [-0.4, -0.2) is 45.9 Å². The van der Waals surface area contributed by atoms with Crippen molar-refractivity contribution in [3.63, 3.8) is 0 Å². The van der Waals surface area contributed by atoms with E-state index >= 15 is 0 Å². The molecule has 144 valence electrons. The van der Waals surface area contributed by atoms with Gasteiger partial charge in [-0.1, -0.05) is 36.0 Å². The number of ether oxygens (including phenoxy) is 2. The van der Waals surface area contributed by atoms with Gasteiger partial charge in [-0.25, -0.2) is 0 Å². The molecule has 0 atom stereocenters. The largest absolute Gasteiger partial charge is 0.382 e. The van der Waals surface area contributed by atoms with Crippen molar-refractivity contribution in [3.8, 4) is 0 Å². The molecule has 0 spiro atoms. The molecule has 2 aromatic carbocycles. The van der Waals surface area contributed by atoms with Crippen LogP contribution in [0.5, 0.6) is 0 Å². The number of fused-ring (bicyclic) bond motifs is 2. The molecule has 6 heteroatoms. The van der Waals surface area contributed by atoms with Crippen LogP contribution >= 0.6 is 11.8 Å². The summed E-state index contributed by atoms with van der Waals surface area (Å²) in [5.74, 6) is 0.0695. The third kappa shape index (κ3) is 5.48. The number of carbonyl (C=O) groups excluding carboxylic acids is 1. The van der Waals surface area contributed by atoms with Gasteiger partial charge >= 0.3 is 0 Å². The highest BCUT2D eigenvalue weighted by Crippen LogP contribution is 2.47. The molecule has 1 aliphatic rings. The third-order valence-electron chi connectivity index (χ3n) is 4.31. The van der Waals surface area contributed by atoms with Gasteiger partial charge < -0.3 is 19.7 Å². The number of nitrogens with one attached hydrogen (secondary N) is 1. The number of hydrogen-bond donors (Lipinski definition) is 1. The number of nitrogens with zero attached hydrogens (tertiary/aromatic N) is 1. The van der Waals surface area contributed by atoms with Crippen molar-refractivity contribution in [2.75, 3.05) is 44.9 Å². The second-order valence-electron chi connectivity index (χ2n) is 6.25. The molecule has 0 aliphatic carbocycles. The monoisotopic (exact) mass is 386 g/mol. The van der Waals surface area contributed by atoms with Crippen LogP contribution < -0.4 is 10.2 Å². The number of methoxy groups -OCH3 is 1. The SMILES string of the molecule is COCCOCCCNC(=O)CCN1c2ccccc2Sc2ccccc21. The first-order chi connectivity index (χ1) is 13.3. The van der Waals surface area contributed by atoms with Gasteiger partial charge in [0.15, 0.2) is 0 Å². The third-order valence-corrected chi connectivity index (χ3v) is 5.44. The van der Waals surface area contributed by atoms with E-state index in [1.54, 1.807) is 18.9 Å². The Morgan fingerprint density at radius 2 is 1.67 bits per heavy atom. The van der Waals surface area contributed by atoms with E-state index in [2.05, 4.69) is 46.6 Å². The van der Waals surface area contributed by atoms with E-state index < -0.39 is 0 Å². The molecule has 0 bridgehead atoms. The second-order valence-corrected chi connectivity index (χ2v) is 7.33. The lowest BCUT2D eigenvalue weighted by Crippen LogP contribution is -2.30. The number of benzene rings is 2. The predicted octanol–water partition coefficient (Wildman–Crippen LogP) is 3.85. The molecule has 27 heavy (non-hydrogen) atoms. The number of anilines is 2.